The third-order valence-corrected chi connectivity index (χ3v) is 3.55. The van der Waals surface area contributed by atoms with Crippen LogP contribution in [0.2, 0.25) is 0 Å². The third kappa shape index (κ3) is 4.43. The largest absolute Gasteiger partial charge is 0.379 e. The van der Waals surface area contributed by atoms with Crippen LogP contribution in [-0.4, -0.2) is 19.8 Å². The zero-order valence-electron chi connectivity index (χ0n) is 11.6. The van der Waals surface area contributed by atoms with Gasteiger partial charge >= 0.3 is 0 Å². The normalized spacial score (nSPS) is 16.8. The molecule has 2 rings (SSSR count). The molecular formula is C16H25NO. The quantitative estimate of drug-likeness (QED) is 0.710. The molecule has 2 heteroatoms. The minimum absolute atomic E-state index is 0.328. The summed E-state index contributed by atoms with van der Waals surface area (Å²) in [5.41, 5.74) is 2.65. The number of ether oxygens (including phenoxy) is 1. The minimum atomic E-state index is 0.328. The Morgan fingerprint density at radius 1 is 1.39 bits per heavy atom. The van der Waals surface area contributed by atoms with Crippen molar-refractivity contribution in [2.24, 2.45) is 5.92 Å². The molecule has 0 heterocycles. The van der Waals surface area contributed by atoms with Crippen LogP contribution in [0.25, 0.3) is 0 Å². The molecule has 0 aromatic heterocycles. The van der Waals surface area contributed by atoms with Gasteiger partial charge in [-0.15, -0.1) is 0 Å². The highest BCUT2D eigenvalue weighted by molar-refractivity contribution is 5.25. The topological polar surface area (TPSA) is 21.3 Å². The maximum atomic E-state index is 5.83. The summed E-state index contributed by atoms with van der Waals surface area (Å²) in [6, 6.07) is 9.02. The van der Waals surface area contributed by atoms with E-state index in [2.05, 4.69) is 43.4 Å². The van der Waals surface area contributed by atoms with Crippen molar-refractivity contribution in [3.05, 3.63) is 35.4 Å². The van der Waals surface area contributed by atoms with E-state index in [-0.39, 0.29) is 0 Å². The van der Waals surface area contributed by atoms with E-state index in [1.165, 1.54) is 30.4 Å². The van der Waals surface area contributed by atoms with Gasteiger partial charge in [-0.2, -0.15) is 0 Å². The van der Waals surface area contributed by atoms with Gasteiger partial charge in [0.05, 0.1) is 12.6 Å². The summed E-state index contributed by atoms with van der Waals surface area (Å²) < 4.78 is 5.83. The lowest BCUT2D eigenvalue weighted by atomic mass is 10.1. The Labute approximate surface area is 111 Å². The lowest BCUT2D eigenvalue weighted by Crippen LogP contribution is -2.25. The van der Waals surface area contributed by atoms with E-state index < -0.39 is 0 Å². The Morgan fingerprint density at radius 2 is 2.22 bits per heavy atom. The van der Waals surface area contributed by atoms with Crippen molar-refractivity contribution in [1.82, 2.24) is 5.32 Å². The van der Waals surface area contributed by atoms with Crippen molar-refractivity contribution in [2.45, 2.75) is 39.2 Å². The summed E-state index contributed by atoms with van der Waals surface area (Å²) in [5.74, 6) is 0.960. The van der Waals surface area contributed by atoms with Crippen LogP contribution in [-0.2, 0) is 4.74 Å². The molecule has 1 atom stereocenters. The fourth-order valence-corrected chi connectivity index (χ4v) is 2.26. The standard InChI is InChI=1S/C16H25NO/c1-3-17-16(12-18-10-9-14-7-8-14)15-6-4-5-13(2)11-15/h4-6,11,14,16-17H,3,7-10,12H2,1-2H3. The van der Waals surface area contributed by atoms with Crippen molar-refractivity contribution in [1.29, 1.82) is 0 Å². The van der Waals surface area contributed by atoms with Crippen molar-refractivity contribution in [2.75, 3.05) is 19.8 Å². The van der Waals surface area contributed by atoms with E-state index in [0.717, 1.165) is 25.7 Å². The number of hydrogen-bond donors (Lipinski definition) is 1. The highest BCUT2D eigenvalue weighted by atomic mass is 16.5. The van der Waals surface area contributed by atoms with Crippen molar-refractivity contribution < 1.29 is 4.74 Å². The molecule has 1 N–H and O–H groups in total. The van der Waals surface area contributed by atoms with Gasteiger partial charge in [-0.3, -0.25) is 0 Å². The van der Waals surface area contributed by atoms with Crippen LogP contribution in [0.4, 0.5) is 0 Å². The Bertz CT molecular complexity index is 360. The fourth-order valence-electron chi connectivity index (χ4n) is 2.26. The van der Waals surface area contributed by atoms with Gasteiger partial charge in [0.25, 0.3) is 0 Å². The molecule has 0 amide bonds. The van der Waals surface area contributed by atoms with Crippen molar-refractivity contribution in [3.8, 4) is 0 Å². The molecule has 0 spiro atoms. The second-order valence-corrected chi connectivity index (χ2v) is 5.33. The first-order valence-electron chi connectivity index (χ1n) is 7.17. The van der Waals surface area contributed by atoms with Crippen molar-refractivity contribution in [3.63, 3.8) is 0 Å². The van der Waals surface area contributed by atoms with Gasteiger partial charge in [0, 0.05) is 6.61 Å². The monoisotopic (exact) mass is 247 g/mol. The molecule has 1 aliphatic rings. The van der Waals surface area contributed by atoms with Crippen molar-refractivity contribution >= 4 is 0 Å². The average Bonchev–Trinajstić information content (AvgIpc) is 3.17. The van der Waals surface area contributed by atoms with Crippen LogP contribution >= 0.6 is 0 Å². The van der Waals surface area contributed by atoms with Crippen LogP contribution in [0.15, 0.2) is 24.3 Å². The second-order valence-electron chi connectivity index (χ2n) is 5.33. The molecule has 1 aliphatic carbocycles. The Hall–Kier alpha value is -0.860. The minimum Gasteiger partial charge on any atom is -0.379 e. The third-order valence-electron chi connectivity index (χ3n) is 3.55. The Balaban J connectivity index is 1.81. The number of rotatable bonds is 8. The molecular weight excluding hydrogens is 222 g/mol. The fraction of sp³-hybridized carbons (Fsp3) is 0.625. The maximum absolute atomic E-state index is 5.83. The Morgan fingerprint density at radius 3 is 2.89 bits per heavy atom. The van der Waals surface area contributed by atoms with Gasteiger partial charge in [-0.25, -0.2) is 0 Å². The molecule has 1 saturated carbocycles. The molecule has 1 unspecified atom stereocenters. The predicted octanol–water partition coefficient (Wildman–Crippen LogP) is 3.46. The first-order valence-corrected chi connectivity index (χ1v) is 7.17. The van der Waals surface area contributed by atoms with Crippen LogP contribution in [0.1, 0.15) is 43.4 Å². The first-order chi connectivity index (χ1) is 8.79. The molecule has 1 aromatic carbocycles. The summed E-state index contributed by atoms with van der Waals surface area (Å²) >= 11 is 0. The van der Waals surface area contributed by atoms with Gasteiger partial charge in [0.1, 0.15) is 0 Å². The molecule has 0 aliphatic heterocycles. The summed E-state index contributed by atoms with van der Waals surface area (Å²) in [7, 11) is 0. The molecule has 0 saturated heterocycles. The van der Waals surface area contributed by atoms with Gasteiger partial charge in [0.15, 0.2) is 0 Å². The van der Waals surface area contributed by atoms with E-state index >= 15 is 0 Å². The van der Waals surface area contributed by atoms with Gasteiger partial charge in [-0.1, -0.05) is 49.6 Å². The lowest BCUT2D eigenvalue weighted by Gasteiger charge is -2.19. The van der Waals surface area contributed by atoms with E-state index in [0.29, 0.717) is 6.04 Å². The number of aryl methyl sites for hydroxylation is 1. The van der Waals surface area contributed by atoms with Crippen LogP contribution in [0.3, 0.4) is 0 Å². The van der Waals surface area contributed by atoms with Gasteiger partial charge < -0.3 is 10.1 Å². The summed E-state index contributed by atoms with van der Waals surface area (Å²) in [6.07, 6.45) is 4.07. The first kappa shape index (κ1) is 13.6. The summed E-state index contributed by atoms with van der Waals surface area (Å²) in [4.78, 5) is 0. The zero-order valence-corrected chi connectivity index (χ0v) is 11.6. The average molecular weight is 247 g/mol. The smallest absolute Gasteiger partial charge is 0.0661 e. The van der Waals surface area contributed by atoms with E-state index in [4.69, 9.17) is 4.74 Å². The van der Waals surface area contributed by atoms with Gasteiger partial charge in [-0.05, 0) is 31.4 Å². The van der Waals surface area contributed by atoms with Crippen LogP contribution in [0, 0.1) is 12.8 Å². The molecule has 0 radical (unpaired) electrons. The highest BCUT2D eigenvalue weighted by Gasteiger charge is 2.20. The lowest BCUT2D eigenvalue weighted by molar-refractivity contribution is 0.107. The summed E-state index contributed by atoms with van der Waals surface area (Å²) in [5, 5.41) is 3.50. The predicted molar refractivity (Wildman–Crippen MR) is 75.8 cm³/mol. The molecule has 100 valence electrons. The maximum Gasteiger partial charge on any atom is 0.0661 e. The van der Waals surface area contributed by atoms with E-state index in [1.54, 1.807) is 0 Å². The number of nitrogens with one attached hydrogen (secondary N) is 1. The number of benzene rings is 1. The molecule has 18 heavy (non-hydrogen) atoms. The second kappa shape index (κ2) is 6.91. The van der Waals surface area contributed by atoms with Gasteiger partial charge in [0.2, 0.25) is 0 Å². The van der Waals surface area contributed by atoms with E-state index in [9.17, 15) is 0 Å². The molecule has 1 aromatic rings. The number of hydrogen-bond acceptors (Lipinski definition) is 2. The summed E-state index contributed by atoms with van der Waals surface area (Å²) in [6.45, 7) is 6.96. The molecule has 0 bridgehead atoms. The van der Waals surface area contributed by atoms with E-state index in [1.807, 2.05) is 0 Å². The molecule has 2 nitrogen and oxygen atoms in total. The Kier molecular flexibility index (Phi) is 5.21. The highest BCUT2D eigenvalue weighted by Crippen LogP contribution is 2.32. The number of likely N-dealkylation sites (N-methyl/N-ethyl adjacent to an activating group) is 1. The van der Waals surface area contributed by atoms with Crippen LogP contribution in [0.5, 0.6) is 0 Å². The van der Waals surface area contributed by atoms with Crippen LogP contribution < -0.4 is 5.32 Å². The molecule has 1 fully saturated rings. The zero-order chi connectivity index (χ0) is 12.8. The SMILES string of the molecule is CCNC(COCCC1CC1)c1cccc(C)c1.